The van der Waals surface area contributed by atoms with Crippen molar-refractivity contribution in [1.29, 1.82) is 0 Å². The van der Waals surface area contributed by atoms with Crippen LogP contribution < -0.4 is 4.74 Å². The molecule has 1 aliphatic heterocycles. The molecule has 3 rings (SSSR count). The summed E-state index contributed by atoms with van der Waals surface area (Å²) >= 11 is 0. The molecule has 18 heavy (non-hydrogen) atoms. The van der Waals surface area contributed by atoms with Gasteiger partial charge >= 0.3 is 0 Å². The van der Waals surface area contributed by atoms with Crippen LogP contribution in [0, 0.1) is 6.92 Å². The SMILES string of the molecule is Cc1ccc(CCC2Cc3ccccc3O2)cc1. The van der Waals surface area contributed by atoms with Gasteiger partial charge in [0.2, 0.25) is 0 Å². The number of rotatable bonds is 3. The molecule has 2 aromatic carbocycles. The van der Waals surface area contributed by atoms with Crippen molar-refractivity contribution in [1.82, 2.24) is 0 Å². The Bertz CT molecular complexity index is 503. The van der Waals surface area contributed by atoms with Gasteiger partial charge in [-0.3, -0.25) is 0 Å². The van der Waals surface area contributed by atoms with Crippen LogP contribution >= 0.6 is 0 Å². The number of hydrogen-bond donors (Lipinski definition) is 0. The maximum absolute atomic E-state index is 5.95. The third-order valence-electron chi connectivity index (χ3n) is 3.59. The second-order valence-electron chi connectivity index (χ2n) is 5.08. The van der Waals surface area contributed by atoms with Crippen molar-refractivity contribution in [3.8, 4) is 5.75 Å². The first kappa shape index (κ1) is 11.3. The summed E-state index contributed by atoms with van der Waals surface area (Å²) < 4.78 is 5.95. The highest BCUT2D eigenvalue weighted by Crippen LogP contribution is 2.29. The quantitative estimate of drug-likeness (QED) is 0.787. The molecule has 1 atom stereocenters. The van der Waals surface area contributed by atoms with Gasteiger partial charge < -0.3 is 4.74 Å². The average molecular weight is 238 g/mol. The Hall–Kier alpha value is -1.76. The smallest absolute Gasteiger partial charge is 0.123 e. The number of fused-ring (bicyclic) bond motifs is 1. The molecule has 0 aromatic heterocycles. The van der Waals surface area contributed by atoms with E-state index in [0.29, 0.717) is 6.10 Å². The van der Waals surface area contributed by atoms with Gasteiger partial charge in [-0.25, -0.2) is 0 Å². The van der Waals surface area contributed by atoms with Gasteiger partial charge in [0.25, 0.3) is 0 Å². The lowest BCUT2D eigenvalue weighted by molar-refractivity contribution is 0.222. The highest BCUT2D eigenvalue weighted by molar-refractivity contribution is 5.37. The normalized spacial score (nSPS) is 17.3. The van der Waals surface area contributed by atoms with Crippen LogP contribution in [0.5, 0.6) is 5.75 Å². The number of para-hydroxylation sites is 1. The predicted molar refractivity (Wildman–Crippen MR) is 74.1 cm³/mol. The van der Waals surface area contributed by atoms with Crippen LogP contribution in [0.1, 0.15) is 23.1 Å². The zero-order chi connectivity index (χ0) is 12.4. The zero-order valence-corrected chi connectivity index (χ0v) is 10.7. The Kier molecular flexibility index (Phi) is 3.06. The summed E-state index contributed by atoms with van der Waals surface area (Å²) in [5.41, 5.74) is 4.08. The molecule has 2 aromatic rings. The fourth-order valence-electron chi connectivity index (χ4n) is 2.50. The predicted octanol–water partition coefficient (Wildman–Crippen LogP) is 3.93. The molecule has 0 amide bonds. The van der Waals surface area contributed by atoms with E-state index in [1.807, 2.05) is 6.07 Å². The van der Waals surface area contributed by atoms with E-state index in [2.05, 4.69) is 49.4 Å². The van der Waals surface area contributed by atoms with E-state index in [0.717, 1.165) is 25.0 Å². The fraction of sp³-hybridized carbons (Fsp3) is 0.294. The molecule has 0 bridgehead atoms. The second kappa shape index (κ2) is 4.85. The summed E-state index contributed by atoms with van der Waals surface area (Å²) in [5, 5.41) is 0. The second-order valence-corrected chi connectivity index (χ2v) is 5.08. The largest absolute Gasteiger partial charge is 0.490 e. The molecule has 0 aliphatic carbocycles. The van der Waals surface area contributed by atoms with Crippen molar-refractivity contribution in [2.75, 3.05) is 0 Å². The van der Waals surface area contributed by atoms with Crippen LogP contribution in [-0.2, 0) is 12.8 Å². The summed E-state index contributed by atoms with van der Waals surface area (Å²) in [7, 11) is 0. The van der Waals surface area contributed by atoms with E-state index in [4.69, 9.17) is 4.74 Å². The van der Waals surface area contributed by atoms with E-state index >= 15 is 0 Å². The molecule has 1 unspecified atom stereocenters. The van der Waals surface area contributed by atoms with Crippen LogP contribution in [0.15, 0.2) is 48.5 Å². The number of benzene rings is 2. The van der Waals surface area contributed by atoms with Crippen molar-refractivity contribution in [2.24, 2.45) is 0 Å². The minimum atomic E-state index is 0.351. The molecule has 0 saturated heterocycles. The third kappa shape index (κ3) is 2.40. The van der Waals surface area contributed by atoms with E-state index in [1.54, 1.807) is 0 Å². The van der Waals surface area contributed by atoms with Gasteiger partial charge in [-0.05, 0) is 37.0 Å². The standard InChI is InChI=1S/C17H18O/c1-13-6-8-14(9-7-13)10-11-16-12-15-4-2-3-5-17(15)18-16/h2-9,16H,10-12H2,1H3. The first-order chi connectivity index (χ1) is 8.81. The average Bonchev–Trinajstić information content (AvgIpc) is 2.81. The Balaban J connectivity index is 1.58. The lowest BCUT2D eigenvalue weighted by atomic mass is 10.0. The molecular formula is C17H18O. The van der Waals surface area contributed by atoms with Crippen molar-refractivity contribution in [3.05, 3.63) is 65.2 Å². The van der Waals surface area contributed by atoms with Crippen LogP contribution in [0.25, 0.3) is 0 Å². The minimum absolute atomic E-state index is 0.351. The Labute approximate surface area is 108 Å². The lowest BCUT2D eigenvalue weighted by Gasteiger charge is -2.10. The lowest BCUT2D eigenvalue weighted by Crippen LogP contribution is -2.13. The van der Waals surface area contributed by atoms with Crippen molar-refractivity contribution in [2.45, 2.75) is 32.3 Å². The Morgan fingerprint density at radius 2 is 1.83 bits per heavy atom. The van der Waals surface area contributed by atoms with Crippen LogP contribution in [-0.4, -0.2) is 6.10 Å². The fourth-order valence-corrected chi connectivity index (χ4v) is 2.50. The van der Waals surface area contributed by atoms with Crippen molar-refractivity contribution >= 4 is 0 Å². The zero-order valence-electron chi connectivity index (χ0n) is 10.7. The molecule has 1 heterocycles. The van der Waals surface area contributed by atoms with Crippen LogP contribution in [0.3, 0.4) is 0 Å². The molecule has 0 fully saturated rings. The van der Waals surface area contributed by atoms with Gasteiger partial charge in [0.05, 0.1) is 0 Å². The number of hydrogen-bond acceptors (Lipinski definition) is 1. The van der Waals surface area contributed by atoms with Crippen molar-refractivity contribution < 1.29 is 4.74 Å². The minimum Gasteiger partial charge on any atom is -0.490 e. The molecule has 0 N–H and O–H groups in total. The summed E-state index contributed by atoms with van der Waals surface area (Å²) in [4.78, 5) is 0. The summed E-state index contributed by atoms with van der Waals surface area (Å²) in [6.45, 7) is 2.13. The molecular weight excluding hydrogens is 220 g/mol. The Morgan fingerprint density at radius 1 is 1.06 bits per heavy atom. The van der Waals surface area contributed by atoms with Gasteiger partial charge in [-0.1, -0.05) is 48.0 Å². The van der Waals surface area contributed by atoms with E-state index in [-0.39, 0.29) is 0 Å². The highest BCUT2D eigenvalue weighted by Gasteiger charge is 2.21. The summed E-state index contributed by atoms with van der Waals surface area (Å²) in [6.07, 6.45) is 3.60. The first-order valence-corrected chi connectivity index (χ1v) is 6.61. The van der Waals surface area contributed by atoms with E-state index < -0.39 is 0 Å². The number of ether oxygens (including phenoxy) is 1. The monoisotopic (exact) mass is 238 g/mol. The summed E-state index contributed by atoms with van der Waals surface area (Å²) in [5.74, 6) is 1.08. The topological polar surface area (TPSA) is 9.23 Å². The third-order valence-corrected chi connectivity index (χ3v) is 3.59. The maximum Gasteiger partial charge on any atom is 0.123 e. The first-order valence-electron chi connectivity index (χ1n) is 6.61. The van der Waals surface area contributed by atoms with Crippen LogP contribution in [0.4, 0.5) is 0 Å². The van der Waals surface area contributed by atoms with Gasteiger partial charge in [-0.2, -0.15) is 0 Å². The molecule has 0 radical (unpaired) electrons. The van der Waals surface area contributed by atoms with Crippen molar-refractivity contribution in [3.63, 3.8) is 0 Å². The molecule has 1 aliphatic rings. The molecule has 1 nitrogen and oxygen atoms in total. The Morgan fingerprint density at radius 3 is 2.61 bits per heavy atom. The molecule has 0 spiro atoms. The van der Waals surface area contributed by atoms with E-state index in [9.17, 15) is 0 Å². The van der Waals surface area contributed by atoms with Crippen LogP contribution in [0.2, 0.25) is 0 Å². The van der Waals surface area contributed by atoms with E-state index in [1.165, 1.54) is 16.7 Å². The van der Waals surface area contributed by atoms with Gasteiger partial charge in [0.15, 0.2) is 0 Å². The maximum atomic E-state index is 5.95. The summed E-state index contributed by atoms with van der Waals surface area (Å²) in [6, 6.07) is 17.2. The van der Waals surface area contributed by atoms with Gasteiger partial charge in [-0.15, -0.1) is 0 Å². The van der Waals surface area contributed by atoms with Gasteiger partial charge in [0, 0.05) is 6.42 Å². The number of aryl methyl sites for hydroxylation is 2. The molecule has 92 valence electrons. The molecule has 1 heteroatoms. The highest BCUT2D eigenvalue weighted by atomic mass is 16.5. The van der Waals surface area contributed by atoms with Gasteiger partial charge in [0.1, 0.15) is 11.9 Å². The molecule has 0 saturated carbocycles.